The average Bonchev–Trinajstić information content (AvgIpc) is 2.58. The summed E-state index contributed by atoms with van der Waals surface area (Å²) in [6.07, 6.45) is 0. The Hall–Kier alpha value is -2.53. The predicted octanol–water partition coefficient (Wildman–Crippen LogP) is 3.39. The molecular weight excluding hydrogens is 316 g/mol. The second-order valence-electron chi connectivity index (χ2n) is 6.17. The van der Waals surface area contributed by atoms with Crippen molar-refractivity contribution in [2.24, 2.45) is 0 Å². The van der Waals surface area contributed by atoms with Gasteiger partial charge in [-0.3, -0.25) is 9.69 Å². The van der Waals surface area contributed by atoms with E-state index >= 15 is 0 Å². The van der Waals surface area contributed by atoms with Crippen molar-refractivity contribution in [3.63, 3.8) is 0 Å². The third kappa shape index (κ3) is 4.97. The number of aryl methyl sites for hydroxylation is 2. The van der Waals surface area contributed by atoms with Crippen LogP contribution in [0.3, 0.4) is 0 Å². The van der Waals surface area contributed by atoms with Gasteiger partial charge in [0.15, 0.2) is 0 Å². The van der Waals surface area contributed by atoms with Gasteiger partial charge in [-0.15, -0.1) is 0 Å². The Bertz CT molecular complexity index is 723. The lowest BCUT2D eigenvalue weighted by Crippen LogP contribution is -2.30. The molecule has 5 nitrogen and oxygen atoms in total. The third-order valence-corrected chi connectivity index (χ3v) is 4.09. The van der Waals surface area contributed by atoms with Crippen molar-refractivity contribution in [1.82, 2.24) is 4.90 Å². The second kappa shape index (κ2) is 8.53. The number of benzene rings is 2. The molecule has 5 heteroatoms. The first-order valence-corrected chi connectivity index (χ1v) is 8.20. The van der Waals surface area contributed by atoms with Gasteiger partial charge in [-0.25, -0.2) is 0 Å². The van der Waals surface area contributed by atoms with E-state index in [1.165, 1.54) is 0 Å². The summed E-state index contributed by atoms with van der Waals surface area (Å²) in [5, 5.41) is 3.01. The van der Waals surface area contributed by atoms with E-state index in [9.17, 15) is 4.79 Å². The molecule has 1 N–H and O–H groups in total. The van der Waals surface area contributed by atoms with Crippen LogP contribution in [0.4, 0.5) is 5.69 Å². The van der Waals surface area contributed by atoms with Crippen molar-refractivity contribution in [2.45, 2.75) is 20.4 Å². The summed E-state index contributed by atoms with van der Waals surface area (Å²) in [5.41, 5.74) is 3.99. The number of amides is 1. The van der Waals surface area contributed by atoms with Crippen molar-refractivity contribution >= 4 is 11.6 Å². The summed E-state index contributed by atoms with van der Waals surface area (Å²) in [5.74, 6) is 1.51. The van der Waals surface area contributed by atoms with E-state index in [2.05, 4.69) is 5.32 Å². The zero-order valence-electron chi connectivity index (χ0n) is 15.6. The van der Waals surface area contributed by atoms with Crippen LogP contribution in [0.15, 0.2) is 36.4 Å². The molecule has 0 bridgehead atoms. The Morgan fingerprint density at radius 3 is 2.36 bits per heavy atom. The van der Waals surface area contributed by atoms with Crippen LogP contribution in [0, 0.1) is 13.8 Å². The topological polar surface area (TPSA) is 50.8 Å². The lowest BCUT2D eigenvalue weighted by atomic mass is 10.1. The van der Waals surface area contributed by atoms with Crippen molar-refractivity contribution < 1.29 is 14.3 Å². The quantitative estimate of drug-likeness (QED) is 0.838. The highest BCUT2D eigenvalue weighted by Gasteiger charge is 2.13. The molecule has 2 aromatic rings. The number of methoxy groups -OCH3 is 2. The Morgan fingerprint density at radius 2 is 1.76 bits per heavy atom. The monoisotopic (exact) mass is 342 g/mol. The molecule has 0 saturated heterocycles. The van der Waals surface area contributed by atoms with Crippen molar-refractivity contribution in [3.05, 3.63) is 53.1 Å². The molecule has 0 spiro atoms. The van der Waals surface area contributed by atoms with Crippen LogP contribution in [0.2, 0.25) is 0 Å². The molecule has 0 heterocycles. The van der Waals surface area contributed by atoms with Crippen molar-refractivity contribution in [2.75, 3.05) is 33.1 Å². The van der Waals surface area contributed by atoms with Gasteiger partial charge in [0.2, 0.25) is 5.91 Å². The number of anilines is 1. The van der Waals surface area contributed by atoms with E-state index in [4.69, 9.17) is 9.47 Å². The number of nitrogens with zero attached hydrogens (tertiary/aromatic N) is 1. The Morgan fingerprint density at radius 1 is 1.08 bits per heavy atom. The van der Waals surface area contributed by atoms with Gasteiger partial charge < -0.3 is 14.8 Å². The zero-order chi connectivity index (χ0) is 18.4. The lowest BCUT2D eigenvalue weighted by molar-refractivity contribution is -0.117. The zero-order valence-corrected chi connectivity index (χ0v) is 15.6. The van der Waals surface area contributed by atoms with Crippen molar-refractivity contribution in [3.8, 4) is 11.5 Å². The third-order valence-electron chi connectivity index (χ3n) is 4.09. The summed E-state index contributed by atoms with van der Waals surface area (Å²) < 4.78 is 10.7. The molecule has 2 rings (SSSR count). The summed E-state index contributed by atoms with van der Waals surface area (Å²) >= 11 is 0. The molecule has 0 aliphatic heterocycles. The van der Waals surface area contributed by atoms with Crippen LogP contribution >= 0.6 is 0 Å². The smallest absolute Gasteiger partial charge is 0.238 e. The molecule has 0 aliphatic rings. The largest absolute Gasteiger partial charge is 0.497 e. The molecule has 0 atom stereocenters. The Balaban J connectivity index is 2.02. The number of hydrogen-bond donors (Lipinski definition) is 1. The summed E-state index contributed by atoms with van der Waals surface area (Å²) in [6.45, 7) is 4.86. The van der Waals surface area contributed by atoms with Crippen LogP contribution in [0.1, 0.15) is 16.7 Å². The maximum atomic E-state index is 12.4. The summed E-state index contributed by atoms with van der Waals surface area (Å²) in [7, 11) is 5.18. The number of hydrogen-bond acceptors (Lipinski definition) is 4. The number of nitrogens with one attached hydrogen (secondary N) is 1. The van der Waals surface area contributed by atoms with Crippen LogP contribution in [0.5, 0.6) is 11.5 Å². The van der Waals surface area contributed by atoms with E-state index in [-0.39, 0.29) is 12.5 Å². The number of carbonyl (C=O) groups is 1. The molecule has 0 saturated carbocycles. The second-order valence-corrected chi connectivity index (χ2v) is 6.17. The van der Waals surface area contributed by atoms with Gasteiger partial charge >= 0.3 is 0 Å². The highest BCUT2D eigenvalue weighted by atomic mass is 16.5. The van der Waals surface area contributed by atoms with Crippen LogP contribution in [-0.4, -0.2) is 38.6 Å². The molecule has 0 aromatic heterocycles. The number of likely N-dealkylation sites (N-methyl/N-ethyl adjacent to an activating group) is 1. The lowest BCUT2D eigenvalue weighted by Gasteiger charge is -2.19. The highest BCUT2D eigenvalue weighted by molar-refractivity contribution is 5.93. The van der Waals surface area contributed by atoms with Gasteiger partial charge in [-0.2, -0.15) is 0 Å². The molecule has 2 aromatic carbocycles. The molecule has 0 unspecified atom stereocenters. The minimum Gasteiger partial charge on any atom is -0.497 e. The summed E-state index contributed by atoms with van der Waals surface area (Å²) in [6, 6.07) is 11.6. The first kappa shape index (κ1) is 18.8. The fourth-order valence-electron chi connectivity index (χ4n) is 2.79. The molecule has 25 heavy (non-hydrogen) atoms. The van der Waals surface area contributed by atoms with Crippen LogP contribution in [0.25, 0.3) is 0 Å². The molecular formula is C20H26N2O3. The number of rotatable bonds is 7. The fraction of sp³-hybridized carbons (Fsp3) is 0.350. The van der Waals surface area contributed by atoms with E-state index in [1.54, 1.807) is 14.2 Å². The van der Waals surface area contributed by atoms with E-state index in [1.807, 2.05) is 62.2 Å². The van der Waals surface area contributed by atoms with Gasteiger partial charge in [0, 0.05) is 17.8 Å². The SMILES string of the molecule is COc1ccc(OC)c(CN(C)CC(=O)Nc2c(C)cccc2C)c1. The van der Waals surface area contributed by atoms with E-state index in [0.717, 1.165) is 33.9 Å². The van der Waals surface area contributed by atoms with Gasteiger partial charge in [0.05, 0.1) is 20.8 Å². The van der Waals surface area contributed by atoms with E-state index < -0.39 is 0 Å². The molecule has 134 valence electrons. The van der Waals surface area contributed by atoms with E-state index in [0.29, 0.717) is 6.54 Å². The number of carbonyl (C=O) groups excluding carboxylic acids is 1. The minimum atomic E-state index is -0.0400. The maximum Gasteiger partial charge on any atom is 0.238 e. The molecule has 1 amide bonds. The highest BCUT2D eigenvalue weighted by Crippen LogP contribution is 2.25. The number of para-hydroxylation sites is 1. The van der Waals surface area contributed by atoms with Gasteiger partial charge in [-0.1, -0.05) is 18.2 Å². The van der Waals surface area contributed by atoms with Crippen molar-refractivity contribution in [1.29, 1.82) is 0 Å². The molecule has 0 radical (unpaired) electrons. The Labute approximate surface area is 149 Å². The first-order valence-electron chi connectivity index (χ1n) is 8.20. The van der Waals surface area contributed by atoms with Gasteiger partial charge in [0.25, 0.3) is 0 Å². The Kier molecular flexibility index (Phi) is 6.42. The van der Waals surface area contributed by atoms with Crippen LogP contribution in [-0.2, 0) is 11.3 Å². The molecule has 0 aliphatic carbocycles. The van der Waals surface area contributed by atoms with Crippen LogP contribution < -0.4 is 14.8 Å². The average molecular weight is 342 g/mol. The fourth-order valence-corrected chi connectivity index (χ4v) is 2.79. The number of ether oxygens (including phenoxy) is 2. The van der Waals surface area contributed by atoms with Gasteiger partial charge in [0.1, 0.15) is 11.5 Å². The van der Waals surface area contributed by atoms with Gasteiger partial charge in [-0.05, 0) is 50.2 Å². The standard InChI is InChI=1S/C20H26N2O3/c1-14-7-6-8-15(2)20(14)21-19(23)13-22(3)12-16-11-17(24-4)9-10-18(16)25-5/h6-11H,12-13H2,1-5H3,(H,21,23). The normalized spacial score (nSPS) is 10.6. The first-order chi connectivity index (χ1) is 11.9. The molecule has 0 fully saturated rings. The maximum absolute atomic E-state index is 12.4. The predicted molar refractivity (Wildman–Crippen MR) is 100 cm³/mol. The summed E-state index contributed by atoms with van der Waals surface area (Å²) in [4.78, 5) is 14.3. The minimum absolute atomic E-state index is 0.0400.